The van der Waals surface area contributed by atoms with Gasteiger partial charge in [0.05, 0.1) is 0 Å². The van der Waals surface area contributed by atoms with Crippen LogP contribution >= 0.6 is 0 Å². The van der Waals surface area contributed by atoms with Crippen molar-refractivity contribution in [3.8, 4) is 0 Å². The maximum absolute atomic E-state index is 11.3. The van der Waals surface area contributed by atoms with Crippen LogP contribution in [0.15, 0.2) is 12.7 Å². The smallest absolute Gasteiger partial charge is 0.330 e. The Balaban J connectivity index is 3.30. The first-order chi connectivity index (χ1) is 13.2. The van der Waals surface area contributed by atoms with Crippen LogP contribution in [0.25, 0.3) is 0 Å². The lowest BCUT2D eigenvalue weighted by Crippen LogP contribution is -2.16. The van der Waals surface area contributed by atoms with Gasteiger partial charge in [0.1, 0.15) is 6.10 Å². The number of carbonyl (C=O) groups excluding carboxylic acids is 1. The number of esters is 1. The molecular formula is C25H48O2. The molecule has 0 aliphatic heterocycles. The van der Waals surface area contributed by atoms with E-state index < -0.39 is 0 Å². The standard InChI is InChI=1S/C25H48O2/c1-4-7-8-9-10-11-12-13-14-15-16-17-18-19-20-21-23-24(22-5-2)27-25(26)6-3/h6,24H,3-5,7-23H2,1-2H3. The maximum Gasteiger partial charge on any atom is 0.330 e. The van der Waals surface area contributed by atoms with E-state index in [9.17, 15) is 4.79 Å². The molecule has 2 heteroatoms. The van der Waals surface area contributed by atoms with Gasteiger partial charge in [0.25, 0.3) is 0 Å². The molecule has 0 N–H and O–H groups in total. The Morgan fingerprint density at radius 3 is 1.44 bits per heavy atom. The van der Waals surface area contributed by atoms with Crippen LogP contribution in [0.2, 0.25) is 0 Å². The summed E-state index contributed by atoms with van der Waals surface area (Å²) < 4.78 is 5.41. The van der Waals surface area contributed by atoms with E-state index in [-0.39, 0.29) is 12.1 Å². The molecule has 0 heterocycles. The molecule has 0 aliphatic carbocycles. The summed E-state index contributed by atoms with van der Waals surface area (Å²) in [6.07, 6.45) is 26.6. The molecule has 0 saturated carbocycles. The molecule has 27 heavy (non-hydrogen) atoms. The maximum atomic E-state index is 11.3. The largest absolute Gasteiger partial charge is 0.459 e. The van der Waals surface area contributed by atoms with Gasteiger partial charge in [-0.15, -0.1) is 0 Å². The zero-order valence-corrected chi connectivity index (χ0v) is 18.6. The van der Waals surface area contributed by atoms with Crippen LogP contribution in [0.5, 0.6) is 0 Å². The summed E-state index contributed by atoms with van der Waals surface area (Å²) >= 11 is 0. The average Bonchev–Trinajstić information content (AvgIpc) is 2.67. The Bertz CT molecular complexity index is 324. The lowest BCUT2D eigenvalue weighted by atomic mass is 10.0. The molecule has 1 unspecified atom stereocenters. The second-order valence-electron chi connectivity index (χ2n) is 8.14. The van der Waals surface area contributed by atoms with E-state index >= 15 is 0 Å². The molecule has 0 spiro atoms. The van der Waals surface area contributed by atoms with E-state index in [1.807, 2.05) is 0 Å². The van der Waals surface area contributed by atoms with Crippen molar-refractivity contribution in [1.82, 2.24) is 0 Å². The van der Waals surface area contributed by atoms with Crippen molar-refractivity contribution in [2.24, 2.45) is 0 Å². The van der Waals surface area contributed by atoms with Crippen molar-refractivity contribution in [2.75, 3.05) is 0 Å². The summed E-state index contributed by atoms with van der Waals surface area (Å²) in [5.41, 5.74) is 0. The quantitative estimate of drug-likeness (QED) is 0.113. The summed E-state index contributed by atoms with van der Waals surface area (Å²) in [6.45, 7) is 7.90. The molecule has 0 saturated heterocycles. The molecule has 0 rings (SSSR count). The minimum absolute atomic E-state index is 0.0899. The number of hydrogen-bond donors (Lipinski definition) is 0. The highest BCUT2D eigenvalue weighted by atomic mass is 16.5. The number of carbonyl (C=O) groups is 1. The predicted molar refractivity (Wildman–Crippen MR) is 119 cm³/mol. The van der Waals surface area contributed by atoms with Gasteiger partial charge in [-0.25, -0.2) is 4.79 Å². The summed E-state index contributed by atoms with van der Waals surface area (Å²) in [7, 11) is 0. The van der Waals surface area contributed by atoms with Gasteiger partial charge in [-0.3, -0.25) is 0 Å². The molecule has 0 aromatic rings. The highest BCUT2D eigenvalue weighted by Crippen LogP contribution is 2.16. The first kappa shape index (κ1) is 26.2. The molecule has 0 radical (unpaired) electrons. The first-order valence-electron chi connectivity index (χ1n) is 12.1. The van der Waals surface area contributed by atoms with Gasteiger partial charge >= 0.3 is 5.97 Å². The van der Waals surface area contributed by atoms with Crippen molar-refractivity contribution in [3.63, 3.8) is 0 Å². The molecule has 0 aromatic heterocycles. The van der Waals surface area contributed by atoms with Crippen LogP contribution in [0, 0.1) is 0 Å². The van der Waals surface area contributed by atoms with E-state index in [0.29, 0.717) is 0 Å². The highest BCUT2D eigenvalue weighted by Gasteiger charge is 2.11. The summed E-state index contributed by atoms with van der Waals surface area (Å²) in [5.74, 6) is -0.273. The van der Waals surface area contributed by atoms with E-state index in [4.69, 9.17) is 4.74 Å². The van der Waals surface area contributed by atoms with E-state index in [2.05, 4.69) is 20.4 Å². The Morgan fingerprint density at radius 2 is 1.07 bits per heavy atom. The third-order valence-corrected chi connectivity index (χ3v) is 5.44. The minimum Gasteiger partial charge on any atom is -0.459 e. The monoisotopic (exact) mass is 380 g/mol. The topological polar surface area (TPSA) is 26.3 Å². The van der Waals surface area contributed by atoms with Crippen molar-refractivity contribution in [1.29, 1.82) is 0 Å². The van der Waals surface area contributed by atoms with Gasteiger partial charge in [0, 0.05) is 6.08 Å². The van der Waals surface area contributed by atoms with Crippen LogP contribution in [0.3, 0.4) is 0 Å². The fraction of sp³-hybridized carbons (Fsp3) is 0.880. The van der Waals surface area contributed by atoms with Crippen molar-refractivity contribution in [2.45, 2.75) is 142 Å². The van der Waals surface area contributed by atoms with Crippen molar-refractivity contribution >= 4 is 5.97 Å². The fourth-order valence-corrected chi connectivity index (χ4v) is 3.72. The molecule has 0 aromatic carbocycles. The first-order valence-corrected chi connectivity index (χ1v) is 12.1. The van der Waals surface area contributed by atoms with E-state index in [0.717, 1.165) is 19.3 Å². The number of unbranched alkanes of at least 4 members (excludes halogenated alkanes) is 15. The Kier molecular flexibility index (Phi) is 20.9. The Hall–Kier alpha value is -0.790. The summed E-state index contributed by atoms with van der Waals surface area (Å²) in [5, 5.41) is 0. The zero-order valence-electron chi connectivity index (χ0n) is 18.6. The van der Waals surface area contributed by atoms with E-state index in [1.54, 1.807) is 0 Å². The van der Waals surface area contributed by atoms with Crippen LogP contribution in [0.1, 0.15) is 136 Å². The molecule has 0 amide bonds. The van der Waals surface area contributed by atoms with Gasteiger partial charge in [0.2, 0.25) is 0 Å². The number of hydrogen-bond acceptors (Lipinski definition) is 2. The molecule has 0 bridgehead atoms. The van der Waals surface area contributed by atoms with E-state index in [1.165, 1.54) is 109 Å². The van der Waals surface area contributed by atoms with Gasteiger partial charge in [0.15, 0.2) is 0 Å². The molecule has 2 nitrogen and oxygen atoms in total. The highest BCUT2D eigenvalue weighted by molar-refractivity contribution is 5.81. The molecule has 0 fully saturated rings. The SMILES string of the molecule is C=CC(=O)OC(CCC)CCCCCCCCCCCCCCCCCC. The minimum atomic E-state index is -0.273. The van der Waals surface area contributed by atoms with Crippen molar-refractivity contribution in [3.05, 3.63) is 12.7 Å². The second kappa shape index (κ2) is 21.5. The molecular weight excluding hydrogens is 332 g/mol. The van der Waals surface area contributed by atoms with Crippen molar-refractivity contribution < 1.29 is 9.53 Å². The van der Waals surface area contributed by atoms with Gasteiger partial charge in [-0.1, -0.05) is 123 Å². The third-order valence-electron chi connectivity index (χ3n) is 5.44. The number of rotatable bonds is 21. The fourth-order valence-electron chi connectivity index (χ4n) is 3.72. The number of ether oxygens (including phenoxy) is 1. The molecule has 160 valence electrons. The van der Waals surface area contributed by atoms with Gasteiger partial charge in [-0.2, -0.15) is 0 Å². The van der Waals surface area contributed by atoms with Crippen LogP contribution < -0.4 is 0 Å². The second-order valence-corrected chi connectivity index (χ2v) is 8.14. The van der Waals surface area contributed by atoms with Gasteiger partial charge < -0.3 is 4.74 Å². The Morgan fingerprint density at radius 1 is 0.667 bits per heavy atom. The third kappa shape index (κ3) is 19.8. The lowest BCUT2D eigenvalue weighted by molar-refractivity contribution is -0.143. The summed E-state index contributed by atoms with van der Waals surface area (Å²) in [6, 6.07) is 0. The molecule has 1 atom stereocenters. The predicted octanol–water partition coefficient (Wildman–Crippen LogP) is 8.54. The Labute approximate surface area is 170 Å². The van der Waals surface area contributed by atoms with Crippen LogP contribution in [-0.2, 0) is 9.53 Å². The molecule has 0 aliphatic rings. The van der Waals surface area contributed by atoms with Crippen LogP contribution in [-0.4, -0.2) is 12.1 Å². The van der Waals surface area contributed by atoms with Crippen LogP contribution in [0.4, 0.5) is 0 Å². The normalized spacial score (nSPS) is 12.1. The van der Waals surface area contributed by atoms with Gasteiger partial charge in [-0.05, 0) is 19.3 Å². The average molecular weight is 381 g/mol. The summed E-state index contributed by atoms with van der Waals surface area (Å²) in [4.78, 5) is 11.3. The zero-order chi connectivity index (χ0) is 20.0. The lowest BCUT2D eigenvalue weighted by Gasteiger charge is -2.16.